The van der Waals surface area contributed by atoms with E-state index in [9.17, 15) is 9.59 Å². The van der Waals surface area contributed by atoms with E-state index in [1.54, 1.807) is 28.5 Å². The Kier molecular flexibility index (Phi) is 6.15. The van der Waals surface area contributed by atoms with Crippen molar-refractivity contribution in [2.75, 3.05) is 16.6 Å². The lowest BCUT2D eigenvalue weighted by atomic mass is 9.95. The van der Waals surface area contributed by atoms with E-state index in [2.05, 4.69) is 6.92 Å². The molecule has 3 atom stereocenters. The van der Waals surface area contributed by atoms with Crippen molar-refractivity contribution >= 4 is 34.5 Å². The van der Waals surface area contributed by atoms with Crippen LogP contribution in [0.1, 0.15) is 37.1 Å². The van der Waals surface area contributed by atoms with Gasteiger partial charge in [-0.3, -0.25) is 14.4 Å². The molecule has 2 saturated heterocycles. The Morgan fingerprint density at radius 3 is 2.39 bits per heavy atom. The molecule has 2 aliphatic heterocycles. The lowest BCUT2D eigenvalue weighted by molar-refractivity contribution is -0.126. The van der Waals surface area contributed by atoms with E-state index in [1.807, 2.05) is 60.0 Å². The maximum Gasteiger partial charge on any atom is 0.266 e. The van der Waals surface area contributed by atoms with Crippen LogP contribution in [0.4, 0.5) is 11.4 Å². The molecule has 0 radical (unpaired) electrons. The molecule has 0 bridgehead atoms. The number of hydrogen-bond donors (Lipinski definition) is 0. The highest BCUT2D eigenvalue weighted by atomic mass is 32.1. The molecule has 2 fully saturated rings. The molecule has 0 N–H and O–H groups in total. The highest BCUT2D eigenvalue weighted by Crippen LogP contribution is 2.48. The number of amides is 2. The number of para-hydroxylation sites is 1. The van der Waals surface area contributed by atoms with Gasteiger partial charge in [0.15, 0.2) is 6.10 Å². The number of nitrogens with zero attached hydrogens (tertiary/aromatic N) is 2. The molecule has 0 spiro atoms. The molecule has 0 unspecified atom stereocenters. The van der Waals surface area contributed by atoms with Crippen molar-refractivity contribution in [1.29, 1.82) is 0 Å². The average Bonchev–Trinajstić information content (AvgIpc) is 3.55. The van der Waals surface area contributed by atoms with E-state index in [1.165, 1.54) is 4.90 Å². The van der Waals surface area contributed by atoms with Crippen LogP contribution in [0.15, 0.2) is 72.1 Å². The van der Waals surface area contributed by atoms with Crippen LogP contribution in [0.5, 0.6) is 5.75 Å². The predicted octanol–water partition coefficient (Wildman–Crippen LogP) is 5.37. The summed E-state index contributed by atoms with van der Waals surface area (Å²) < 4.78 is 5.76. The summed E-state index contributed by atoms with van der Waals surface area (Å²) in [6.45, 7) is 2.81. The Labute approximate surface area is 197 Å². The SMILES string of the molecule is CCCCCOc1ccc(N2C(=O)[C@H]3[C@@H](ON(c4ccccc4)[C@H]3c3cccs3)C2=O)cc1. The molecule has 170 valence electrons. The number of imide groups is 1. The molecule has 7 heteroatoms. The number of hydroxylamine groups is 1. The number of thiophene rings is 1. The summed E-state index contributed by atoms with van der Waals surface area (Å²) in [5.41, 5.74) is 1.36. The first-order chi connectivity index (χ1) is 16.2. The third-order valence-electron chi connectivity index (χ3n) is 6.07. The van der Waals surface area contributed by atoms with Crippen molar-refractivity contribution in [1.82, 2.24) is 0 Å². The second kappa shape index (κ2) is 9.37. The number of hydrogen-bond acceptors (Lipinski definition) is 6. The number of fused-ring (bicyclic) bond motifs is 1. The molecule has 0 aliphatic carbocycles. The van der Waals surface area contributed by atoms with Gasteiger partial charge in [-0.05, 0) is 54.3 Å². The zero-order valence-electron chi connectivity index (χ0n) is 18.4. The van der Waals surface area contributed by atoms with Gasteiger partial charge in [0, 0.05) is 4.88 Å². The lowest BCUT2D eigenvalue weighted by Gasteiger charge is -2.27. The fourth-order valence-corrected chi connectivity index (χ4v) is 5.30. The van der Waals surface area contributed by atoms with Gasteiger partial charge in [0.1, 0.15) is 17.7 Å². The summed E-state index contributed by atoms with van der Waals surface area (Å²) >= 11 is 1.56. The standard InChI is InChI=1S/C26H26N2O4S/c1-2-3-7-16-31-20-14-12-18(13-15-20)27-25(29)22-23(21-11-8-17-33-21)28(32-24(22)26(27)30)19-9-5-4-6-10-19/h4-6,8-15,17,22-24H,2-3,7,16H2,1H3/t22-,23+,24-/m1/s1. The van der Waals surface area contributed by atoms with Gasteiger partial charge in [0.05, 0.1) is 18.0 Å². The van der Waals surface area contributed by atoms with Crippen molar-refractivity contribution < 1.29 is 19.2 Å². The fraction of sp³-hybridized carbons (Fsp3) is 0.308. The fourth-order valence-electron chi connectivity index (χ4n) is 4.45. The van der Waals surface area contributed by atoms with Gasteiger partial charge >= 0.3 is 0 Å². The first-order valence-corrected chi connectivity index (χ1v) is 12.2. The van der Waals surface area contributed by atoms with Gasteiger partial charge in [-0.25, -0.2) is 9.96 Å². The largest absolute Gasteiger partial charge is 0.494 e. The molecule has 33 heavy (non-hydrogen) atoms. The Bertz CT molecular complexity index is 1100. The molecule has 2 aliphatic rings. The summed E-state index contributed by atoms with van der Waals surface area (Å²) in [5, 5.41) is 3.70. The Morgan fingerprint density at radius 2 is 1.70 bits per heavy atom. The number of benzene rings is 2. The topological polar surface area (TPSA) is 59.1 Å². The zero-order chi connectivity index (χ0) is 22.8. The van der Waals surface area contributed by atoms with Crippen LogP contribution in [0, 0.1) is 5.92 Å². The van der Waals surface area contributed by atoms with Crippen LogP contribution < -0.4 is 14.7 Å². The third-order valence-corrected chi connectivity index (χ3v) is 7.02. The van der Waals surface area contributed by atoms with Gasteiger partial charge in [-0.1, -0.05) is 44.0 Å². The van der Waals surface area contributed by atoms with E-state index >= 15 is 0 Å². The normalized spacial score (nSPS) is 22.2. The quantitative estimate of drug-likeness (QED) is 0.333. The summed E-state index contributed by atoms with van der Waals surface area (Å²) in [6, 6.07) is 20.3. The van der Waals surface area contributed by atoms with E-state index in [-0.39, 0.29) is 17.9 Å². The van der Waals surface area contributed by atoms with Crippen LogP contribution in [-0.4, -0.2) is 24.5 Å². The van der Waals surface area contributed by atoms with E-state index in [0.29, 0.717) is 12.3 Å². The molecular weight excluding hydrogens is 436 g/mol. The van der Waals surface area contributed by atoms with Crippen molar-refractivity contribution in [3.63, 3.8) is 0 Å². The van der Waals surface area contributed by atoms with Crippen LogP contribution in [-0.2, 0) is 14.4 Å². The number of rotatable bonds is 8. The van der Waals surface area contributed by atoms with Crippen molar-refractivity contribution in [3.8, 4) is 5.75 Å². The maximum absolute atomic E-state index is 13.6. The molecule has 2 amide bonds. The van der Waals surface area contributed by atoms with Crippen LogP contribution >= 0.6 is 11.3 Å². The molecule has 3 heterocycles. The third kappa shape index (κ3) is 4.03. The van der Waals surface area contributed by atoms with Crippen molar-refractivity contribution in [2.24, 2.45) is 5.92 Å². The van der Waals surface area contributed by atoms with Crippen LogP contribution in [0.2, 0.25) is 0 Å². The number of carbonyl (C=O) groups is 2. The minimum absolute atomic E-state index is 0.238. The average molecular weight is 463 g/mol. The minimum atomic E-state index is -0.852. The van der Waals surface area contributed by atoms with E-state index < -0.39 is 12.0 Å². The monoisotopic (exact) mass is 462 g/mol. The van der Waals surface area contributed by atoms with E-state index in [0.717, 1.165) is 35.6 Å². The Balaban J connectivity index is 1.39. The highest BCUT2D eigenvalue weighted by molar-refractivity contribution is 7.10. The van der Waals surface area contributed by atoms with Gasteiger partial charge in [-0.2, -0.15) is 0 Å². The molecular formula is C26H26N2O4S. The van der Waals surface area contributed by atoms with Gasteiger partial charge in [0.2, 0.25) is 5.91 Å². The minimum Gasteiger partial charge on any atom is -0.494 e. The lowest BCUT2D eigenvalue weighted by Crippen LogP contribution is -2.37. The van der Waals surface area contributed by atoms with E-state index in [4.69, 9.17) is 9.57 Å². The molecule has 2 aromatic carbocycles. The number of ether oxygens (including phenoxy) is 1. The number of unbranched alkanes of at least 4 members (excludes halogenated alkanes) is 2. The summed E-state index contributed by atoms with van der Waals surface area (Å²) in [7, 11) is 0. The maximum atomic E-state index is 13.6. The van der Waals surface area contributed by atoms with Crippen molar-refractivity contribution in [2.45, 2.75) is 38.3 Å². The molecule has 6 nitrogen and oxygen atoms in total. The van der Waals surface area contributed by atoms with Crippen LogP contribution in [0.3, 0.4) is 0 Å². The van der Waals surface area contributed by atoms with Gasteiger partial charge in [0.25, 0.3) is 5.91 Å². The summed E-state index contributed by atoms with van der Waals surface area (Å²) in [5.74, 6) is -0.446. The molecule has 0 saturated carbocycles. The number of carbonyl (C=O) groups excluding carboxylic acids is 2. The van der Waals surface area contributed by atoms with Gasteiger partial charge in [-0.15, -0.1) is 11.3 Å². The first kappa shape index (κ1) is 21.7. The second-order valence-electron chi connectivity index (χ2n) is 8.23. The smallest absolute Gasteiger partial charge is 0.266 e. The summed E-state index contributed by atoms with van der Waals surface area (Å²) in [4.78, 5) is 35.3. The Hall–Kier alpha value is -3.16. The molecule has 5 rings (SSSR count). The second-order valence-corrected chi connectivity index (χ2v) is 9.21. The zero-order valence-corrected chi connectivity index (χ0v) is 19.2. The number of anilines is 2. The summed E-state index contributed by atoms with van der Waals surface area (Å²) in [6.07, 6.45) is 2.42. The first-order valence-electron chi connectivity index (χ1n) is 11.3. The Morgan fingerprint density at radius 1 is 0.909 bits per heavy atom. The highest BCUT2D eigenvalue weighted by Gasteiger charge is 2.60. The molecule has 1 aromatic heterocycles. The predicted molar refractivity (Wildman–Crippen MR) is 128 cm³/mol. The van der Waals surface area contributed by atoms with Crippen LogP contribution in [0.25, 0.3) is 0 Å². The van der Waals surface area contributed by atoms with Gasteiger partial charge < -0.3 is 4.74 Å². The van der Waals surface area contributed by atoms with Crippen molar-refractivity contribution in [3.05, 3.63) is 77.0 Å². The molecule has 3 aromatic rings.